The van der Waals surface area contributed by atoms with Crippen molar-refractivity contribution in [2.24, 2.45) is 0 Å². The molecule has 0 bridgehead atoms. The summed E-state index contributed by atoms with van der Waals surface area (Å²) in [5.74, 6) is 0.646. The molecule has 7 heteroatoms. The van der Waals surface area contributed by atoms with Gasteiger partial charge in [0.25, 0.3) is 0 Å². The minimum atomic E-state index is -0.310. The average molecular weight is 372 g/mol. The number of benzene rings is 1. The van der Waals surface area contributed by atoms with Gasteiger partial charge in [0.1, 0.15) is 12.3 Å². The summed E-state index contributed by atoms with van der Waals surface area (Å²) in [5, 5.41) is 9.28. The molecule has 0 radical (unpaired) electrons. The van der Waals surface area contributed by atoms with E-state index in [0.29, 0.717) is 18.1 Å². The first kappa shape index (κ1) is 20.5. The van der Waals surface area contributed by atoms with Gasteiger partial charge in [-0.2, -0.15) is 0 Å². The van der Waals surface area contributed by atoms with Crippen LogP contribution in [-0.2, 0) is 4.79 Å². The number of anilines is 2. The minimum Gasteiger partial charge on any atom is -0.360 e. The summed E-state index contributed by atoms with van der Waals surface area (Å²) in [6.07, 6.45) is 2.88. The Balaban J connectivity index is 2.01. The van der Waals surface area contributed by atoms with E-state index in [1.165, 1.54) is 4.90 Å². The molecule has 7 nitrogen and oxygen atoms in total. The number of carbonyl (C=O) groups is 2. The molecule has 0 atom stereocenters. The summed E-state index contributed by atoms with van der Waals surface area (Å²) in [7, 11) is 0. The summed E-state index contributed by atoms with van der Waals surface area (Å²) in [6.45, 7) is 8.32. The van der Waals surface area contributed by atoms with E-state index in [1.54, 1.807) is 13.0 Å². The number of aryl methyl sites for hydroxylation is 3. The van der Waals surface area contributed by atoms with Gasteiger partial charge in [0.15, 0.2) is 5.82 Å². The number of urea groups is 1. The number of nitrogens with one attached hydrogen (secondary N) is 2. The maximum atomic E-state index is 12.7. The number of amides is 3. The number of hydrogen-bond acceptors (Lipinski definition) is 4. The van der Waals surface area contributed by atoms with E-state index in [4.69, 9.17) is 4.52 Å². The molecule has 0 saturated heterocycles. The lowest BCUT2D eigenvalue weighted by Gasteiger charge is -2.22. The van der Waals surface area contributed by atoms with Crippen molar-refractivity contribution in [2.75, 3.05) is 23.7 Å². The van der Waals surface area contributed by atoms with E-state index in [2.05, 4.69) is 22.7 Å². The van der Waals surface area contributed by atoms with Crippen molar-refractivity contribution in [3.05, 3.63) is 41.2 Å². The smallest absolute Gasteiger partial charge is 0.322 e. The van der Waals surface area contributed by atoms with Gasteiger partial charge in [-0.05, 0) is 50.5 Å². The van der Waals surface area contributed by atoms with Crippen LogP contribution in [0.15, 0.2) is 28.8 Å². The summed E-state index contributed by atoms with van der Waals surface area (Å²) < 4.78 is 4.94. The van der Waals surface area contributed by atoms with Crippen molar-refractivity contribution in [1.82, 2.24) is 10.1 Å². The van der Waals surface area contributed by atoms with Crippen LogP contribution in [0.1, 0.15) is 43.1 Å². The van der Waals surface area contributed by atoms with Crippen molar-refractivity contribution in [2.45, 2.75) is 47.0 Å². The highest BCUT2D eigenvalue weighted by Gasteiger charge is 2.18. The predicted molar refractivity (Wildman–Crippen MR) is 106 cm³/mol. The van der Waals surface area contributed by atoms with Crippen LogP contribution in [0.5, 0.6) is 0 Å². The molecule has 27 heavy (non-hydrogen) atoms. The topological polar surface area (TPSA) is 87.5 Å². The molecule has 0 fully saturated rings. The molecule has 1 aromatic heterocycles. The second-order valence-corrected chi connectivity index (χ2v) is 6.73. The molecule has 0 aliphatic rings. The van der Waals surface area contributed by atoms with Crippen molar-refractivity contribution in [3.8, 4) is 0 Å². The lowest BCUT2D eigenvalue weighted by Crippen LogP contribution is -2.41. The fraction of sp³-hybridized carbons (Fsp3) is 0.450. The Morgan fingerprint density at radius 3 is 2.48 bits per heavy atom. The van der Waals surface area contributed by atoms with Crippen molar-refractivity contribution in [3.63, 3.8) is 0 Å². The highest BCUT2D eigenvalue weighted by Crippen LogP contribution is 2.15. The molecule has 1 aromatic carbocycles. The van der Waals surface area contributed by atoms with E-state index in [9.17, 15) is 9.59 Å². The van der Waals surface area contributed by atoms with Gasteiger partial charge in [-0.15, -0.1) is 0 Å². The number of aromatic nitrogens is 1. The van der Waals surface area contributed by atoms with E-state index < -0.39 is 0 Å². The normalized spacial score (nSPS) is 10.5. The first-order valence-corrected chi connectivity index (χ1v) is 9.25. The molecule has 0 aliphatic carbocycles. The molecule has 0 saturated carbocycles. The lowest BCUT2D eigenvalue weighted by atomic mass is 10.1. The highest BCUT2D eigenvalue weighted by atomic mass is 16.5. The first-order valence-electron chi connectivity index (χ1n) is 9.25. The molecule has 0 aliphatic heterocycles. The molecule has 2 aromatic rings. The Morgan fingerprint density at radius 1 is 1.07 bits per heavy atom. The Kier molecular flexibility index (Phi) is 7.40. The number of hydrogen-bond donors (Lipinski definition) is 2. The zero-order valence-electron chi connectivity index (χ0n) is 16.5. The zero-order valence-corrected chi connectivity index (χ0v) is 16.5. The molecule has 146 valence electrons. The molecule has 1 heterocycles. The number of rotatable bonds is 8. The van der Waals surface area contributed by atoms with Gasteiger partial charge in [-0.1, -0.05) is 31.0 Å². The first-order chi connectivity index (χ1) is 12.9. The van der Waals surface area contributed by atoms with Crippen molar-refractivity contribution in [1.29, 1.82) is 0 Å². The second kappa shape index (κ2) is 9.75. The lowest BCUT2D eigenvalue weighted by molar-refractivity contribution is -0.116. The third-order valence-corrected chi connectivity index (χ3v) is 4.31. The van der Waals surface area contributed by atoms with Crippen LogP contribution in [0.25, 0.3) is 0 Å². The molecule has 3 amide bonds. The number of nitrogens with zero attached hydrogens (tertiary/aromatic N) is 2. The number of carbonyl (C=O) groups excluding carboxylic acids is 2. The molecule has 0 spiro atoms. The maximum Gasteiger partial charge on any atom is 0.322 e. The minimum absolute atomic E-state index is 0.0493. The summed E-state index contributed by atoms with van der Waals surface area (Å²) >= 11 is 0. The van der Waals surface area contributed by atoms with Crippen LogP contribution in [0, 0.1) is 20.8 Å². The molecule has 2 rings (SSSR count). The van der Waals surface area contributed by atoms with Crippen LogP contribution in [0.4, 0.5) is 16.3 Å². The molecular formula is C20H28N4O3. The van der Waals surface area contributed by atoms with E-state index in [1.807, 2.05) is 32.0 Å². The summed E-state index contributed by atoms with van der Waals surface area (Å²) in [6, 6.07) is 7.10. The third kappa shape index (κ3) is 6.44. The fourth-order valence-electron chi connectivity index (χ4n) is 2.61. The highest BCUT2D eigenvalue weighted by molar-refractivity contribution is 5.96. The van der Waals surface area contributed by atoms with Crippen LogP contribution >= 0.6 is 0 Å². The van der Waals surface area contributed by atoms with Crippen LogP contribution in [0.3, 0.4) is 0 Å². The Hall–Kier alpha value is -2.83. The van der Waals surface area contributed by atoms with Crippen molar-refractivity contribution < 1.29 is 14.1 Å². The quantitative estimate of drug-likeness (QED) is 0.678. The monoisotopic (exact) mass is 372 g/mol. The summed E-state index contributed by atoms with van der Waals surface area (Å²) in [4.78, 5) is 26.5. The van der Waals surface area contributed by atoms with Crippen LogP contribution < -0.4 is 10.6 Å². The third-order valence-electron chi connectivity index (χ3n) is 4.31. The number of unbranched alkanes of at least 4 members (excludes halogenated alkanes) is 2. The molecular weight excluding hydrogens is 344 g/mol. The van der Waals surface area contributed by atoms with Gasteiger partial charge in [0, 0.05) is 18.3 Å². The van der Waals surface area contributed by atoms with Gasteiger partial charge in [0.05, 0.1) is 0 Å². The van der Waals surface area contributed by atoms with Gasteiger partial charge < -0.3 is 20.1 Å². The fourth-order valence-corrected chi connectivity index (χ4v) is 2.61. The van der Waals surface area contributed by atoms with Crippen molar-refractivity contribution >= 4 is 23.4 Å². The van der Waals surface area contributed by atoms with Crippen LogP contribution in [0.2, 0.25) is 0 Å². The maximum absolute atomic E-state index is 12.7. The van der Waals surface area contributed by atoms with E-state index in [-0.39, 0.29) is 18.5 Å². The van der Waals surface area contributed by atoms with Gasteiger partial charge in [0.2, 0.25) is 5.91 Å². The largest absolute Gasteiger partial charge is 0.360 e. The Morgan fingerprint density at radius 2 is 1.85 bits per heavy atom. The van der Waals surface area contributed by atoms with Gasteiger partial charge in [-0.25, -0.2) is 4.79 Å². The van der Waals surface area contributed by atoms with E-state index >= 15 is 0 Å². The van der Waals surface area contributed by atoms with Gasteiger partial charge in [-0.3, -0.25) is 4.79 Å². The zero-order chi connectivity index (χ0) is 19.8. The average Bonchev–Trinajstić information content (AvgIpc) is 3.02. The second-order valence-electron chi connectivity index (χ2n) is 6.73. The van der Waals surface area contributed by atoms with E-state index in [0.717, 1.165) is 36.1 Å². The Bertz CT molecular complexity index is 785. The summed E-state index contributed by atoms with van der Waals surface area (Å²) in [5.41, 5.74) is 2.98. The van der Waals surface area contributed by atoms with Gasteiger partial charge >= 0.3 is 6.03 Å². The standard InChI is InChI=1S/C20H28N4O3/c1-5-6-7-10-24(13-19(25)22-18-12-16(4)27-23-18)20(26)21-17-9-8-14(2)15(3)11-17/h8-9,11-12H,5-7,10,13H2,1-4H3,(H,21,26)(H,22,23,25). The molecule has 2 N–H and O–H groups in total. The van der Waals surface area contributed by atoms with Crippen LogP contribution in [-0.4, -0.2) is 35.1 Å². The molecule has 0 unspecified atom stereocenters. The SMILES string of the molecule is CCCCCN(CC(=O)Nc1cc(C)on1)C(=O)Nc1ccc(C)c(C)c1. The predicted octanol–water partition coefficient (Wildman–Crippen LogP) is 4.26. The Labute approximate surface area is 160 Å².